The molecule has 0 aliphatic rings. The smallest absolute Gasteiger partial charge is 0.338 e. The molecule has 0 bridgehead atoms. The van der Waals surface area contributed by atoms with E-state index in [1.165, 1.54) is 32.4 Å². The summed E-state index contributed by atoms with van der Waals surface area (Å²) < 4.78 is 15.4. The summed E-state index contributed by atoms with van der Waals surface area (Å²) in [5.41, 5.74) is 0.908. The monoisotopic (exact) mass is 363 g/mol. The maximum Gasteiger partial charge on any atom is 0.338 e. The van der Waals surface area contributed by atoms with Gasteiger partial charge in [-0.1, -0.05) is 17.7 Å². The highest BCUT2D eigenvalue weighted by Gasteiger charge is 2.19. The first-order valence-corrected chi connectivity index (χ1v) is 7.88. The van der Waals surface area contributed by atoms with Gasteiger partial charge in [-0.25, -0.2) is 4.79 Å². The van der Waals surface area contributed by atoms with Gasteiger partial charge >= 0.3 is 5.97 Å². The Morgan fingerprint density at radius 3 is 2.24 bits per heavy atom. The average molecular weight is 364 g/mol. The van der Waals surface area contributed by atoms with Gasteiger partial charge in [0, 0.05) is 0 Å². The molecule has 0 atom stereocenters. The molecule has 0 saturated carbocycles. The number of hydrogen-bond acceptors (Lipinski definition) is 5. The van der Waals surface area contributed by atoms with Crippen LogP contribution in [0.25, 0.3) is 0 Å². The number of esters is 1. The Morgan fingerprint density at radius 1 is 1.08 bits per heavy atom. The lowest BCUT2D eigenvalue weighted by Gasteiger charge is -2.14. The summed E-state index contributed by atoms with van der Waals surface area (Å²) in [6, 6.07) is 9.53. The Balaban J connectivity index is 2.29. The van der Waals surface area contributed by atoms with Gasteiger partial charge < -0.3 is 19.5 Å². The van der Waals surface area contributed by atoms with Gasteiger partial charge in [-0.05, 0) is 37.3 Å². The van der Waals surface area contributed by atoms with E-state index >= 15 is 0 Å². The van der Waals surface area contributed by atoms with Crippen LogP contribution in [0.4, 0.5) is 5.69 Å². The minimum Gasteiger partial charge on any atom is -0.496 e. The molecule has 0 unspecified atom stereocenters. The molecule has 132 valence electrons. The first-order chi connectivity index (χ1) is 12.0. The zero-order chi connectivity index (χ0) is 18.4. The van der Waals surface area contributed by atoms with Crippen LogP contribution in [0.5, 0.6) is 11.5 Å². The number of ether oxygens (including phenoxy) is 3. The summed E-state index contributed by atoms with van der Waals surface area (Å²) in [6.07, 6.45) is 0. The zero-order valence-corrected chi connectivity index (χ0v) is 14.8. The molecule has 1 N–H and O–H groups in total. The second-order valence-corrected chi connectivity index (χ2v) is 5.31. The highest BCUT2D eigenvalue weighted by atomic mass is 35.5. The van der Waals surface area contributed by atoms with Crippen molar-refractivity contribution in [1.29, 1.82) is 0 Å². The first-order valence-electron chi connectivity index (χ1n) is 7.50. The standard InChI is InChI=1S/C18H18ClNO5/c1-4-25-18(22)11-8-9-13(12(19)10-11)20-17(21)16-14(23-2)6-5-7-15(16)24-3/h5-10H,4H2,1-3H3,(H,20,21). The van der Waals surface area contributed by atoms with Crippen molar-refractivity contribution < 1.29 is 23.8 Å². The molecule has 0 saturated heterocycles. The molecule has 2 aromatic carbocycles. The number of methoxy groups -OCH3 is 2. The predicted octanol–water partition coefficient (Wildman–Crippen LogP) is 3.79. The van der Waals surface area contributed by atoms with Crippen molar-refractivity contribution in [3.05, 3.63) is 52.5 Å². The summed E-state index contributed by atoms with van der Waals surface area (Å²) in [5.74, 6) is -0.180. The molecule has 7 heteroatoms. The van der Waals surface area contributed by atoms with Crippen LogP contribution in [0.15, 0.2) is 36.4 Å². The third-order valence-corrected chi connectivity index (χ3v) is 3.70. The van der Waals surface area contributed by atoms with Crippen LogP contribution in [-0.4, -0.2) is 32.7 Å². The van der Waals surface area contributed by atoms with Gasteiger partial charge in [-0.3, -0.25) is 4.79 Å². The summed E-state index contributed by atoms with van der Waals surface area (Å²) in [7, 11) is 2.93. The maximum absolute atomic E-state index is 12.6. The van der Waals surface area contributed by atoms with Crippen molar-refractivity contribution in [2.75, 3.05) is 26.1 Å². The van der Waals surface area contributed by atoms with Crippen molar-refractivity contribution >= 4 is 29.2 Å². The average Bonchev–Trinajstić information content (AvgIpc) is 2.62. The third kappa shape index (κ3) is 4.22. The molecule has 0 aromatic heterocycles. The van der Waals surface area contributed by atoms with Crippen molar-refractivity contribution in [2.45, 2.75) is 6.92 Å². The first kappa shape index (κ1) is 18.6. The SMILES string of the molecule is CCOC(=O)c1ccc(NC(=O)c2c(OC)cccc2OC)c(Cl)c1. The lowest BCUT2D eigenvalue weighted by atomic mass is 10.1. The van der Waals surface area contributed by atoms with Crippen molar-refractivity contribution in [2.24, 2.45) is 0 Å². The van der Waals surface area contributed by atoms with E-state index in [0.29, 0.717) is 22.7 Å². The number of benzene rings is 2. The van der Waals surface area contributed by atoms with Gasteiger partial charge in [0.15, 0.2) is 0 Å². The largest absolute Gasteiger partial charge is 0.496 e. The fraction of sp³-hybridized carbons (Fsp3) is 0.222. The number of carbonyl (C=O) groups excluding carboxylic acids is 2. The number of amides is 1. The lowest BCUT2D eigenvalue weighted by molar-refractivity contribution is 0.0526. The Morgan fingerprint density at radius 2 is 1.72 bits per heavy atom. The second-order valence-electron chi connectivity index (χ2n) is 4.91. The predicted molar refractivity (Wildman–Crippen MR) is 94.9 cm³/mol. The van der Waals surface area contributed by atoms with Crippen LogP contribution in [0.2, 0.25) is 5.02 Å². The Labute approximate surface area is 150 Å². The zero-order valence-electron chi connectivity index (χ0n) is 14.1. The third-order valence-electron chi connectivity index (χ3n) is 3.38. The topological polar surface area (TPSA) is 73.9 Å². The molecule has 0 heterocycles. The van der Waals surface area contributed by atoms with Crippen molar-refractivity contribution in [3.8, 4) is 11.5 Å². The number of carbonyl (C=O) groups is 2. The highest BCUT2D eigenvalue weighted by molar-refractivity contribution is 6.34. The van der Waals surface area contributed by atoms with Gasteiger partial charge in [0.05, 0.1) is 37.1 Å². The summed E-state index contributed by atoms with van der Waals surface area (Å²) >= 11 is 6.17. The molecule has 0 aliphatic carbocycles. The molecule has 6 nitrogen and oxygen atoms in total. The molecular weight excluding hydrogens is 346 g/mol. The highest BCUT2D eigenvalue weighted by Crippen LogP contribution is 2.30. The van der Waals surface area contributed by atoms with Gasteiger partial charge in [-0.2, -0.15) is 0 Å². The Bertz CT molecular complexity index is 769. The van der Waals surface area contributed by atoms with Gasteiger partial charge in [0.1, 0.15) is 17.1 Å². The van der Waals surface area contributed by atoms with E-state index in [1.54, 1.807) is 25.1 Å². The second kappa shape index (κ2) is 8.39. The summed E-state index contributed by atoms with van der Waals surface area (Å²) in [6.45, 7) is 1.98. The molecule has 25 heavy (non-hydrogen) atoms. The number of anilines is 1. The molecule has 0 fully saturated rings. The minimum atomic E-state index is -0.478. The number of nitrogens with one attached hydrogen (secondary N) is 1. The van der Waals surface area contributed by atoms with E-state index in [9.17, 15) is 9.59 Å². The molecule has 2 rings (SSSR count). The molecule has 2 aromatic rings. The Hall–Kier alpha value is -2.73. The molecular formula is C18H18ClNO5. The van der Waals surface area contributed by atoms with E-state index in [4.69, 9.17) is 25.8 Å². The van der Waals surface area contributed by atoms with Crippen LogP contribution in [0.1, 0.15) is 27.6 Å². The number of rotatable bonds is 6. The van der Waals surface area contributed by atoms with Crippen LogP contribution in [0, 0.1) is 0 Å². The molecule has 0 spiro atoms. The van der Waals surface area contributed by atoms with Crippen LogP contribution in [0.3, 0.4) is 0 Å². The van der Waals surface area contributed by atoms with E-state index in [2.05, 4.69) is 5.32 Å². The fourth-order valence-electron chi connectivity index (χ4n) is 2.22. The normalized spacial score (nSPS) is 10.1. The van der Waals surface area contributed by atoms with Gasteiger partial charge in [0.25, 0.3) is 5.91 Å². The van der Waals surface area contributed by atoms with Gasteiger partial charge in [-0.15, -0.1) is 0 Å². The molecule has 1 amide bonds. The number of halogens is 1. The minimum absolute atomic E-state index is 0.216. The van der Waals surface area contributed by atoms with E-state index in [0.717, 1.165) is 0 Å². The molecule has 0 aliphatic heterocycles. The van der Waals surface area contributed by atoms with Crippen molar-refractivity contribution in [3.63, 3.8) is 0 Å². The Kier molecular flexibility index (Phi) is 6.25. The number of hydrogen-bond donors (Lipinski definition) is 1. The lowest BCUT2D eigenvalue weighted by Crippen LogP contribution is -2.15. The van der Waals surface area contributed by atoms with Crippen LogP contribution >= 0.6 is 11.6 Å². The molecule has 0 radical (unpaired) electrons. The summed E-state index contributed by atoms with van der Waals surface area (Å²) in [5, 5.41) is 2.91. The fourth-order valence-corrected chi connectivity index (χ4v) is 2.45. The van der Waals surface area contributed by atoms with E-state index < -0.39 is 11.9 Å². The quantitative estimate of drug-likeness (QED) is 0.790. The summed E-state index contributed by atoms with van der Waals surface area (Å²) in [4.78, 5) is 24.3. The van der Waals surface area contributed by atoms with E-state index in [-0.39, 0.29) is 17.2 Å². The van der Waals surface area contributed by atoms with E-state index in [1.807, 2.05) is 0 Å². The maximum atomic E-state index is 12.6. The van der Waals surface area contributed by atoms with Gasteiger partial charge in [0.2, 0.25) is 0 Å². The van der Waals surface area contributed by atoms with Crippen LogP contribution in [-0.2, 0) is 4.74 Å². The van der Waals surface area contributed by atoms with Crippen LogP contribution < -0.4 is 14.8 Å². The van der Waals surface area contributed by atoms with Crippen molar-refractivity contribution in [1.82, 2.24) is 0 Å².